The summed E-state index contributed by atoms with van der Waals surface area (Å²) < 4.78 is 4.68. The van der Waals surface area contributed by atoms with Crippen LogP contribution in [0.25, 0.3) is 0 Å². The first-order valence-corrected chi connectivity index (χ1v) is 5.80. The van der Waals surface area contributed by atoms with Crippen LogP contribution >= 0.6 is 0 Å². The van der Waals surface area contributed by atoms with E-state index in [1.807, 2.05) is 5.32 Å². The van der Waals surface area contributed by atoms with E-state index in [1.54, 1.807) is 18.5 Å². The SMILES string of the molecule is CNC(=O)NC(=O)COC(=O)CCNc1ncccn1. The summed E-state index contributed by atoms with van der Waals surface area (Å²) >= 11 is 0. The maximum absolute atomic E-state index is 11.3. The van der Waals surface area contributed by atoms with E-state index in [9.17, 15) is 14.4 Å². The lowest BCUT2D eigenvalue weighted by molar-refractivity contribution is -0.148. The number of carbonyl (C=O) groups is 3. The van der Waals surface area contributed by atoms with Crippen molar-refractivity contribution in [1.82, 2.24) is 20.6 Å². The molecule has 0 spiro atoms. The Kier molecular flexibility index (Phi) is 6.45. The molecule has 0 aliphatic carbocycles. The van der Waals surface area contributed by atoms with Crippen molar-refractivity contribution in [1.29, 1.82) is 0 Å². The molecule has 3 N–H and O–H groups in total. The van der Waals surface area contributed by atoms with E-state index >= 15 is 0 Å². The molecule has 0 bridgehead atoms. The number of hydrogen-bond acceptors (Lipinski definition) is 7. The number of nitrogens with one attached hydrogen (secondary N) is 3. The number of esters is 1. The Morgan fingerprint density at radius 2 is 1.95 bits per heavy atom. The Balaban J connectivity index is 2.14. The summed E-state index contributed by atoms with van der Waals surface area (Å²) in [4.78, 5) is 41.0. The minimum atomic E-state index is -0.697. The lowest BCUT2D eigenvalue weighted by Gasteiger charge is -2.06. The zero-order valence-corrected chi connectivity index (χ0v) is 10.9. The second-order valence-corrected chi connectivity index (χ2v) is 3.54. The highest BCUT2D eigenvalue weighted by atomic mass is 16.5. The van der Waals surface area contributed by atoms with Crippen LogP contribution in [0.1, 0.15) is 6.42 Å². The molecule has 20 heavy (non-hydrogen) atoms. The number of rotatable bonds is 6. The fourth-order valence-electron chi connectivity index (χ4n) is 1.11. The number of nitrogens with zero attached hydrogens (tertiary/aromatic N) is 2. The number of amides is 3. The molecular weight excluding hydrogens is 266 g/mol. The Hall–Kier alpha value is -2.71. The average molecular weight is 281 g/mol. The van der Waals surface area contributed by atoms with Crippen LogP contribution in [0.15, 0.2) is 18.5 Å². The standard InChI is InChI=1S/C11H15N5O4/c1-12-11(19)16-8(17)7-20-9(18)3-6-15-10-13-4-2-5-14-10/h2,4-5H,3,6-7H2,1H3,(H,13,14,15)(H2,12,16,17,19). The van der Waals surface area contributed by atoms with Gasteiger partial charge in [-0.1, -0.05) is 0 Å². The predicted molar refractivity (Wildman–Crippen MR) is 68.7 cm³/mol. The average Bonchev–Trinajstić information content (AvgIpc) is 2.46. The number of ether oxygens (including phenoxy) is 1. The minimum absolute atomic E-state index is 0.0471. The third-order valence-electron chi connectivity index (χ3n) is 2.02. The van der Waals surface area contributed by atoms with E-state index in [2.05, 4.69) is 25.3 Å². The van der Waals surface area contributed by atoms with Gasteiger partial charge in [0.2, 0.25) is 5.95 Å². The molecule has 9 heteroatoms. The molecule has 0 unspecified atom stereocenters. The van der Waals surface area contributed by atoms with Crippen LogP contribution in [0.4, 0.5) is 10.7 Å². The molecule has 0 radical (unpaired) electrons. The number of imide groups is 1. The summed E-state index contributed by atoms with van der Waals surface area (Å²) in [6.07, 6.45) is 3.18. The number of anilines is 1. The smallest absolute Gasteiger partial charge is 0.321 e. The van der Waals surface area contributed by atoms with Gasteiger partial charge in [-0.05, 0) is 6.07 Å². The van der Waals surface area contributed by atoms with E-state index in [0.717, 1.165) is 0 Å². The first-order valence-electron chi connectivity index (χ1n) is 5.80. The van der Waals surface area contributed by atoms with Crippen LogP contribution in [0.5, 0.6) is 0 Å². The van der Waals surface area contributed by atoms with Crippen LogP contribution in [-0.4, -0.2) is 48.1 Å². The molecule has 0 saturated carbocycles. The molecule has 1 rings (SSSR count). The van der Waals surface area contributed by atoms with Gasteiger partial charge in [0.15, 0.2) is 6.61 Å². The topological polar surface area (TPSA) is 122 Å². The summed E-state index contributed by atoms with van der Waals surface area (Å²) in [5, 5.41) is 6.98. The highest BCUT2D eigenvalue weighted by Crippen LogP contribution is 1.95. The van der Waals surface area contributed by atoms with Crippen molar-refractivity contribution in [3.63, 3.8) is 0 Å². The van der Waals surface area contributed by atoms with Crippen molar-refractivity contribution in [2.75, 3.05) is 25.5 Å². The monoisotopic (exact) mass is 281 g/mol. The summed E-state index contributed by atoms with van der Waals surface area (Å²) in [7, 11) is 1.37. The number of aromatic nitrogens is 2. The van der Waals surface area contributed by atoms with Gasteiger partial charge in [-0.15, -0.1) is 0 Å². The number of carbonyl (C=O) groups excluding carboxylic acids is 3. The highest BCUT2D eigenvalue weighted by molar-refractivity contribution is 5.95. The molecule has 1 aromatic heterocycles. The third kappa shape index (κ3) is 6.28. The van der Waals surface area contributed by atoms with Crippen molar-refractivity contribution in [2.24, 2.45) is 0 Å². The maximum atomic E-state index is 11.3. The fourth-order valence-corrected chi connectivity index (χ4v) is 1.11. The van der Waals surface area contributed by atoms with E-state index in [1.165, 1.54) is 7.05 Å². The molecule has 0 aromatic carbocycles. The van der Waals surface area contributed by atoms with Crippen molar-refractivity contribution < 1.29 is 19.1 Å². The number of urea groups is 1. The molecule has 0 saturated heterocycles. The van der Waals surface area contributed by atoms with Gasteiger partial charge in [-0.3, -0.25) is 14.9 Å². The van der Waals surface area contributed by atoms with Gasteiger partial charge in [0.1, 0.15) is 0 Å². The maximum Gasteiger partial charge on any atom is 0.321 e. The quantitative estimate of drug-likeness (QED) is 0.588. The van der Waals surface area contributed by atoms with Gasteiger partial charge in [0.05, 0.1) is 6.42 Å². The van der Waals surface area contributed by atoms with Gasteiger partial charge in [0, 0.05) is 26.0 Å². The lowest BCUT2D eigenvalue weighted by Crippen LogP contribution is -2.39. The van der Waals surface area contributed by atoms with Crippen LogP contribution in [0, 0.1) is 0 Å². The van der Waals surface area contributed by atoms with Crippen LogP contribution in [0.3, 0.4) is 0 Å². The van der Waals surface area contributed by atoms with Gasteiger partial charge in [-0.25, -0.2) is 14.8 Å². The minimum Gasteiger partial charge on any atom is -0.456 e. The summed E-state index contributed by atoms with van der Waals surface area (Å²) in [6.45, 7) is -0.228. The van der Waals surface area contributed by atoms with Gasteiger partial charge < -0.3 is 15.4 Å². The van der Waals surface area contributed by atoms with E-state index in [4.69, 9.17) is 0 Å². The van der Waals surface area contributed by atoms with Crippen molar-refractivity contribution in [3.05, 3.63) is 18.5 Å². The molecule has 9 nitrogen and oxygen atoms in total. The molecule has 0 aliphatic rings. The van der Waals surface area contributed by atoms with Crippen LogP contribution in [-0.2, 0) is 14.3 Å². The third-order valence-corrected chi connectivity index (χ3v) is 2.02. The Morgan fingerprint density at radius 3 is 2.60 bits per heavy atom. The Bertz CT molecular complexity index is 465. The van der Waals surface area contributed by atoms with Crippen molar-refractivity contribution in [2.45, 2.75) is 6.42 Å². The van der Waals surface area contributed by atoms with E-state index in [-0.39, 0.29) is 13.0 Å². The zero-order valence-electron chi connectivity index (χ0n) is 10.9. The molecule has 3 amide bonds. The molecule has 1 heterocycles. The zero-order chi connectivity index (χ0) is 14.8. The van der Waals surface area contributed by atoms with Crippen LogP contribution < -0.4 is 16.0 Å². The second-order valence-electron chi connectivity index (χ2n) is 3.54. The molecular formula is C11H15N5O4. The number of hydrogen-bond donors (Lipinski definition) is 3. The summed E-state index contributed by atoms with van der Waals surface area (Å²) in [6, 6.07) is 1.01. The molecule has 108 valence electrons. The van der Waals surface area contributed by atoms with Gasteiger partial charge in [0.25, 0.3) is 5.91 Å². The van der Waals surface area contributed by atoms with Gasteiger partial charge >= 0.3 is 12.0 Å². The van der Waals surface area contributed by atoms with E-state index < -0.39 is 24.5 Å². The van der Waals surface area contributed by atoms with Crippen molar-refractivity contribution >= 4 is 23.9 Å². The van der Waals surface area contributed by atoms with Crippen molar-refractivity contribution in [3.8, 4) is 0 Å². The first-order chi connectivity index (χ1) is 9.61. The van der Waals surface area contributed by atoms with E-state index in [0.29, 0.717) is 5.95 Å². The predicted octanol–water partition coefficient (Wildman–Crippen LogP) is -0.723. The first kappa shape index (κ1) is 15.3. The lowest BCUT2D eigenvalue weighted by atomic mass is 10.4. The molecule has 0 atom stereocenters. The fraction of sp³-hybridized carbons (Fsp3) is 0.364. The van der Waals surface area contributed by atoms with Gasteiger partial charge in [-0.2, -0.15) is 0 Å². The summed E-state index contributed by atoms with van der Waals surface area (Å²) in [5.74, 6) is -0.866. The molecule has 0 aliphatic heterocycles. The Morgan fingerprint density at radius 1 is 1.25 bits per heavy atom. The highest BCUT2D eigenvalue weighted by Gasteiger charge is 2.09. The largest absolute Gasteiger partial charge is 0.456 e. The normalized spacial score (nSPS) is 9.45. The second kappa shape index (κ2) is 8.40. The summed E-state index contributed by atoms with van der Waals surface area (Å²) in [5.41, 5.74) is 0. The van der Waals surface area contributed by atoms with Crippen LogP contribution in [0.2, 0.25) is 0 Å². The Labute approximate surface area is 115 Å². The molecule has 1 aromatic rings. The molecule has 0 fully saturated rings.